The Balaban J connectivity index is 0.000000379. The van der Waals surface area contributed by atoms with Crippen molar-refractivity contribution in [2.75, 3.05) is 17.2 Å². The van der Waals surface area contributed by atoms with E-state index in [-0.39, 0.29) is 40.8 Å². The third-order valence-corrected chi connectivity index (χ3v) is 8.61. The van der Waals surface area contributed by atoms with Crippen LogP contribution in [0.15, 0.2) is 48.5 Å². The predicted octanol–water partition coefficient (Wildman–Crippen LogP) is 4.24. The molecule has 2 aliphatic carbocycles. The predicted molar refractivity (Wildman–Crippen MR) is 139 cm³/mol. The third kappa shape index (κ3) is 3.25. The van der Waals surface area contributed by atoms with Gasteiger partial charge in [0.25, 0.3) is 5.91 Å². The van der Waals surface area contributed by atoms with Gasteiger partial charge in [-0.3, -0.25) is 14.5 Å². The summed E-state index contributed by atoms with van der Waals surface area (Å²) in [6, 6.07) is 16.0. The first kappa shape index (κ1) is 25.2. The molecule has 184 valence electrons. The summed E-state index contributed by atoms with van der Waals surface area (Å²) in [4.78, 5) is 30.6. The number of nitrogens with zero attached hydrogens (tertiary/aromatic N) is 1. The molecule has 4 fully saturated rings. The van der Waals surface area contributed by atoms with E-state index in [0.29, 0.717) is 0 Å². The zero-order valence-corrected chi connectivity index (χ0v) is 21.3. The zero-order valence-electron chi connectivity index (χ0n) is 20.2. The van der Waals surface area contributed by atoms with E-state index >= 15 is 0 Å². The van der Waals surface area contributed by atoms with Crippen LogP contribution < -0.4 is 10.6 Å². The van der Waals surface area contributed by atoms with Crippen LogP contribution in [0.5, 0.6) is 0 Å². The minimum Gasteiger partial charge on any atom is -0.325 e. The van der Waals surface area contributed by atoms with Crippen LogP contribution in [0.3, 0.4) is 0 Å². The Hall–Kier alpha value is -2.14. The van der Waals surface area contributed by atoms with Crippen molar-refractivity contribution in [1.29, 1.82) is 0 Å². The van der Waals surface area contributed by atoms with Crippen LogP contribution in [0.4, 0.5) is 11.4 Å². The number of fused-ring (bicyclic) bond motifs is 7. The minimum atomic E-state index is -1.07. The second kappa shape index (κ2) is 9.55. The molecule has 2 amide bonds. The number of carbonyl (C=O) groups excluding carboxylic acids is 2. The average Bonchev–Trinajstić information content (AvgIpc) is 3.72. The Morgan fingerprint density at radius 3 is 1.97 bits per heavy atom. The summed E-state index contributed by atoms with van der Waals surface area (Å²) in [5.41, 5.74) is 1.41. The second-order valence-corrected chi connectivity index (χ2v) is 10.1. The maximum absolute atomic E-state index is 14.2. The maximum atomic E-state index is 14.2. The van der Waals surface area contributed by atoms with Crippen LogP contribution in [0, 0.1) is 69.6 Å². The first-order valence-corrected chi connectivity index (χ1v) is 12.7. The van der Waals surface area contributed by atoms with Crippen molar-refractivity contribution in [2.24, 2.45) is 5.92 Å². The molecule has 0 bridgehead atoms. The molecule has 8 rings (SSSR count). The Bertz CT molecular complexity index is 1200. The van der Waals surface area contributed by atoms with Gasteiger partial charge in [0.1, 0.15) is 11.0 Å². The molecule has 0 aromatic heterocycles. The molecule has 10 radical (unpaired) electrons. The van der Waals surface area contributed by atoms with Gasteiger partial charge in [0, 0.05) is 28.9 Å². The van der Waals surface area contributed by atoms with Gasteiger partial charge in [-0.15, -0.1) is 0 Å². The van der Waals surface area contributed by atoms with E-state index in [9.17, 15) is 9.59 Å². The summed E-state index contributed by atoms with van der Waals surface area (Å²) in [5.74, 6) is 0.881. The summed E-state index contributed by atoms with van der Waals surface area (Å²) < 4.78 is 0. The number of hydrogen-bond acceptors (Lipinski definition) is 3. The number of nitrogens with one attached hydrogen (secondary N) is 2. The van der Waals surface area contributed by atoms with Gasteiger partial charge in [0.15, 0.2) is 0 Å². The quantitative estimate of drug-likeness (QED) is 0.544. The Kier molecular flexibility index (Phi) is 6.50. The smallest absolute Gasteiger partial charge is 0.325 e. The molecule has 37 heavy (non-hydrogen) atoms. The molecule has 6 aliphatic rings. The monoisotopic (exact) mass is 529 g/mol. The molecule has 4 atom stereocenters. The number of rotatable bonds is 1. The maximum Gasteiger partial charge on any atom is 2.00 e. The fourth-order valence-electron chi connectivity index (χ4n) is 7.55. The number of para-hydroxylation sites is 2. The van der Waals surface area contributed by atoms with Gasteiger partial charge in [0.05, 0.1) is 0 Å². The van der Waals surface area contributed by atoms with Gasteiger partial charge >= 0.3 is 17.1 Å². The second-order valence-electron chi connectivity index (χ2n) is 10.1. The zero-order chi connectivity index (χ0) is 24.3. The van der Waals surface area contributed by atoms with Crippen LogP contribution in [0.2, 0.25) is 0 Å². The molecule has 2 aromatic rings. The van der Waals surface area contributed by atoms with Crippen molar-refractivity contribution in [2.45, 2.75) is 29.8 Å². The average molecular weight is 529 g/mol. The molecule has 2 saturated heterocycles. The number of amides is 2. The Labute approximate surface area is 230 Å². The third-order valence-electron chi connectivity index (χ3n) is 8.61. The normalized spacial score (nSPS) is 33.5. The molecule has 4 heterocycles. The van der Waals surface area contributed by atoms with Gasteiger partial charge in [0.2, 0.25) is 5.91 Å². The van der Waals surface area contributed by atoms with Crippen LogP contribution in [-0.2, 0) is 37.6 Å². The van der Waals surface area contributed by atoms with Crippen LogP contribution in [-0.4, -0.2) is 29.3 Å². The number of anilines is 2. The van der Waals surface area contributed by atoms with E-state index in [0.717, 1.165) is 47.8 Å². The topological polar surface area (TPSA) is 61.4 Å². The number of hydrogen-bond donors (Lipinski definition) is 2. The summed E-state index contributed by atoms with van der Waals surface area (Å²) in [5, 5.41) is 6.32. The molecule has 2 saturated carbocycles. The molecule has 2 spiro atoms. The van der Waals surface area contributed by atoms with E-state index in [1.165, 1.54) is 0 Å². The van der Waals surface area contributed by atoms with Gasteiger partial charge in [-0.25, -0.2) is 0 Å². The van der Waals surface area contributed by atoms with E-state index in [2.05, 4.69) is 28.4 Å². The van der Waals surface area contributed by atoms with E-state index in [4.69, 9.17) is 0 Å². The summed E-state index contributed by atoms with van der Waals surface area (Å²) >= 11 is 0. The summed E-state index contributed by atoms with van der Waals surface area (Å²) in [7, 11) is 0. The van der Waals surface area contributed by atoms with Crippen molar-refractivity contribution in [3.05, 3.63) is 123 Å². The largest absolute Gasteiger partial charge is 2.00 e. The molecule has 6 heteroatoms. The van der Waals surface area contributed by atoms with Crippen molar-refractivity contribution in [3.8, 4) is 0 Å². The summed E-state index contributed by atoms with van der Waals surface area (Å²) in [6.07, 6.45) is 20.3. The fraction of sp³-hybridized carbons (Fsp3) is 0.226. The van der Waals surface area contributed by atoms with Gasteiger partial charge in [-0.2, -0.15) is 0 Å². The molecular formula is C31H27FeN3O2+2. The van der Waals surface area contributed by atoms with Crippen molar-refractivity contribution in [1.82, 2.24) is 4.90 Å². The first-order valence-electron chi connectivity index (χ1n) is 12.7. The number of benzene rings is 2. The van der Waals surface area contributed by atoms with E-state index in [1.807, 2.05) is 93.5 Å². The van der Waals surface area contributed by atoms with E-state index in [1.54, 1.807) is 0 Å². The molecule has 5 nitrogen and oxygen atoms in total. The van der Waals surface area contributed by atoms with Crippen molar-refractivity contribution in [3.63, 3.8) is 0 Å². The minimum absolute atomic E-state index is 0. The van der Waals surface area contributed by atoms with Crippen molar-refractivity contribution >= 4 is 23.2 Å². The Morgan fingerprint density at radius 1 is 0.730 bits per heavy atom. The van der Waals surface area contributed by atoms with Crippen LogP contribution in [0.25, 0.3) is 0 Å². The SMILES string of the molecule is O=C1Nc2ccccc2[C@]12N1CCC[C@@H]1[C@@H]([C]1[CH][CH][CH][CH]1)[C@]21C(=O)Nc2ccccc21.[CH]1[CH][CH][CH][CH]1.[Fe+2]. The van der Waals surface area contributed by atoms with Gasteiger partial charge < -0.3 is 10.6 Å². The van der Waals surface area contributed by atoms with Gasteiger partial charge in [-0.1, -0.05) is 36.4 Å². The molecule has 0 unspecified atom stereocenters. The van der Waals surface area contributed by atoms with Crippen molar-refractivity contribution < 1.29 is 26.7 Å². The standard InChI is InChI=1S/C26H22N3O2.C5H5.Fe/c30-23-25(17-10-3-5-12-19(17)27-23)22(16-8-1-2-9-16)21-14-7-15-29(21)26(25)18-11-4-6-13-20(18)28-24(26)31;1-2-4-5-3-1;/h1-6,8-13,21-22H,7,14-15H2,(H,27,30)(H,28,31);1-5H;/q;;+2/t21-,22-,25-,26+;;/m1../s1. The van der Waals surface area contributed by atoms with Crippen LogP contribution >= 0.6 is 0 Å². The van der Waals surface area contributed by atoms with Crippen LogP contribution in [0.1, 0.15) is 24.0 Å². The first-order chi connectivity index (χ1) is 17.7. The Morgan fingerprint density at radius 2 is 1.30 bits per heavy atom. The molecule has 2 N–H and O–H groups in total. The summed E-state index contributed by atoms with van der Waals surface area (Å²) in [6.45, 7) is 0.806. The molecule has 2 aromatic carbocycles. The number of carbonyl (C=O) groups is 2. The van der Waals surface area contributed by atoms with E-state index < -0.39 is 11.0 Å². The fourth-order valence-corrected chi connectivity index (χ4v) is 7.55. The molecular weight excluding hydrogens is 502 g/mol. The molecule has 4 aliphatic heterocycles. The van der Waals surface area contributed by atoms with Gasteiger partial charge in [-0.05, 0) is 101 Å².